The minimum atomic E-state index is -0.625. The lowest BCUT2D eigenvalue weighted by Gasteiger charge is -2.09. The molecule has 0 amide bonds. The molecule has 1 heterocycles. The van der Waals surface area contributed by atoms with E-state index in [9.17, 15) is 9.59 Å². The second-order valence-corrected chi connectivity index (χ2v) is 4.30. The highest BCUT2D eigenvalue weighted by molar-refractivity contribution is 6.02. The van der Waals surface area contributed by atoms with Crippen molar-refractivity contribution in [3.05, 3.63) is 23.0 Å². The first kappa shape index (κ1) is 15.1. The maximum Gasteiger partial charge on any atom is 0.357 e. The third-order valence-corrected chi connectivity index (χ3v) is 2.62. The Balaban J connectivity index is 3.31. The number of nitrogens with two attached hydrogens (primary N) is 1. The van der Waals surface area contributed by atoms with E-state index >= 15 is 0 Å². The standard InChI is InChI=1S/C13H20N2O4/c1-5-18-12(16)9-7-10(8(3)4)15(14)11(9)13(17)19-6-2/h7-8H,5-6,14H2,1-4H3. The lowest BCUT2D eigenvalue weighted by atomic mass is 10.1. The van der Waals surface area contributed by atoms with Gasteiger partial charge in [-0.3, -0.25) is 4.68 Å². The van der Waals surface area contributed by atoms with Crippen LogP contribution in [-0.2, 0) is 9.47 Å². The summed E-state index contributed by atoms with van der Waals surface area (Å²) in [7, 11) is 0. The molecule has 0 radical (unpaired) electrons. The topological polar surface area (TPSA) is 83.5 Å². The molecule has 106 valence electrons. The number of ether oxygens (including phenoxy) is 2. The number of nitrogens with zero attached hydrogens (tertiary/aromatic N) is 1. The summed E-state index contributed by atoms with van der Waals surface area (Å²) in [5.74, 6) is 4.75. The van der Waals surface area contributed by atoms with E-state index < -0.39 is 11.9 Å². The van der Waals surface area contributed by atoms with Gasteiger partial charge in [0.15, 0.2) is 5.69 Å². The van der Waals surface area contributed by atoms with E-state index in [0.717, 1.165) is 0 Å². The van der Waals surface area contributed by atoms with Gasteiger partial charge in [-0.25, -0.2) is 9.59 Å². The minimum Gasteiger partial charge on any atom is -0.462 e. The highest BCUT2D eigenvalue weighted by Gasteiger charge is 2.27. The van der Waals surface area contributed by atoms with Gasteiger partial charge in [0.05, 0.1) is 18.8 Å². The van der Waals surface area contributed by atoms with E-state index in [4.69, 9.17) is 15.3 Å². The van der Waals surface area contributed by atoms with Gasteiger partial charge in [0, 0.05) is 5.69 Å². The van der Waals surface area contributed by atoms with E-state index in [1.807, 2.05) is 13.8 Å². The molecule has 0 saturated heterocycles. The highest BCUT2D eigenvalue weighted by Crippen LogP contribution is 2.22. The summed E-state index contributed by atoms with van der Waals surface area (Å²) >= 11 is 0. The molecule has 0 aliphatic heterocycles. The molecule has 0 saturated carbocycles. The lowest BCUT2D eigenvalue weighted by molar-refractivity contribution is 0.0472. The van der Waals surface area contributed by atoms with Crippen LogP contribution in [0.15, 0.2) is 6.07 Å². The van der Waals surface area contributed by atoms with Gasteiger partial charge in [-0.1, -0.05) is 13.8 Å². The molecule has 19 heavy (non-hydrogen) atoms. The third kappa shape index (κ3) is 3.07. The van der Waals surface area contributed by atoms with Crippen molar-refractivity contribution >= 4 is 11.9 Å². The molecule has 0 fully saturated rings. The number of rotatable bonds is 5. The van der Waals surface area contributed by atoms with Gasteiger partial charge in [0.1, 0.15) is 0 Å². The van der Waals surface area contributed by atoms with E-state index in [1.54, 1.807) is 19.9 Å². The maximum atomic E-state index is 11.9. The molecule has 0 aromatic carbocycles. The first-order valence-electron chi connectivity index (χ1n) is 6.28. The zero-order valence-electron chi connectivity index (χ0n) is 11.7. The summed E-state index contributed by atoms with van der Waals surface area (Å²) in [5.41, 5.74) is 0.849. The summed E-state index contributed by atoms with van der Waals surface area (Å²) in [6, 6.07) is 1.58. The third-order valence-electron chi connectivity index (χ3n) is 2.62. The van der Waals surface area contributed by atoms with Crippen LogP contribution in [0.5, 0.6) is 0 Å². The van der Waals surface area contributed by atoms with Crippen LogP contribution < -0.4 is 5.84 Å². The molecule has 1 aromatic heterocycles. The molecule has 0 spiro atoms. The van der Waals surface area contributed by atoms with Crippen molar-refractivity contribution in [2.75, 3.05) is 19.1 Å². The fraction of sp³-hybridized carbons (Fsp3) is 0.538. The van der Waals surface area contributed by atoms with Gasteiger partial charge in [-0.2, -0.15) is 0 Å². The molecular formula is C13H20N2O4. The Kier molecular flexibility index (Phi) is 4.97. The Morgan fingerprint density at radius 1 is 1.21 bits per heavy atom. The zero-order chi connectivity index (χ0) is 14.6. The van der Waals surface area contributed by atoms with Crippen LogP contribution in [0.3, 0.4) is 0 Å². The molecule has 6 heteroatoms. The van der Waals surface area contributed by atoms with E-state index in [-0.39, 0.29) is 30.4 Å². The molecule has 2 N–H and O–H groups in total. The summed E-state index contributed by atoms with van der Waals surface area (Å²) < 4.78 is 11.1. The van der Waals surface area contributed by atoms with Crippen LogP contribution in [0.25, 0.3) is 0 Å². The van der Waals surface area contributed by atoms with Crippen LogP contribution >= 0.6 is 0 Å². The van der Waals surface area contributed by atoms with Crippen LogP contribution in [-0.4, -0.2) is 29.8 Å². The predicted molar refractivity (Wildman–Crippen MR) is 70.6 cm³/mol. The molecule has 0 aliphatic carbocycles. The van der Waals surface area contributed by atoms with Gasteiger partial charge < -0.3 is 15.3 Å². The van der Waals surface area contributed by atoms with Crippen molar-refractivity contribution < 1.29 is 19.1 Å². The first-order valence-corrected chi connectivity index (χ1v) is 6.28. The van der Waals surface area contributed by atoms with Crippen LogP contribution in [0.2, 0.25) is 0 Å². The van der Waals surface area contributed by atoms with Crippen LogP contribution in [0, 0.1) is 0 Å². The molecule has 1 rings (SSSR count). The Bertz CT molecular complexity index is 477. The Hall–Kier alpha value is -1.98. The van der Waals surface area contributed by atoms with Crippen LogP contribution in [0.1, 0.15) is 60.2 Å². The molecule has 0 unspecified atom stereocenters. The average molecular weight is 268 g/mol. The molecule has 1 aromatic rings. The van der Waals surface area contributed by atoms with Crippen molar-refractivity contribution in [1.29, 1.82) is 0 Å². The minimum absolute atomic E-state index is 0.0315. The van der Waals surface area contributed by atoms with Crippen molar-refractivity contribution in [2.45, 2.75) is 33.6 Å². The number of hydrogen-bond donors (Lipinski definition) is 1. The normalized spacial score (nSPS) is 10.6. The Morgan fingerprint density at radius 3 is 2.21 bits per heavy atom. The van der Waals surface area contributed by atoms with Gasteiger partial charge in [-0.15, -0.1) is 0 Å². The van der Waals surface area contributed by atoms with E-state index in [0.29, 0.717) is 5.69 Å². The fourth-order valence-corrected chi connectivity index (χ4v) is 1.76. The zero-order valence-corrected chi connectivity index (χ0v) is 11.7. The molecular weight excluding hydrogens is 248 g/mol. The Labute approximate surface area is 112 Å². The molecule has 0 atom stereocenters. The number of nitrogen functional groups attached to an aromatic ring is 1. The van der Waals surface area contributed by atoms with Gasteiger partial charge in [0.25, 0.3) is 0 Å². The second-order valence-electron chi connectivity index (χ2n) is 4.30. The van der Waals surface area contributed by atoms with Crippen LogP contribution in [0.4, 0.5) is 0 Å². The van der Waals surface area contributed by atoms with E-state index in [2.05, 4.69) is 0 Å². The number of carbonyl (C=O) groups is 2. The van der Waals surface area contributed by atoms with Crippen molar-refractivity contribution in [3.63, 3.8) is 0 Å². The van der Waals surface area contributed by atoms with Crippen molar-refractivity contribution in [3.8, 4) is 0 Å². The number of hydrogen-bond acceptors (Lipinski definition) is 5. The van der Waals surface area contributed by atoms with Gasteiger partial charge >= 0.3 is 11.9 Å². The maximum absolute atomic E-state index is 11.9. The summed E-state index contributed by atoms with van der Waals surface area (Å²) in [6.45, 7) is 7.67. The monoisotopic (exact) mass is 268 g/mol. The number of aromatic nitrogens is 1. The van der Waals surface area contributed by atoms with Crippen molar-refractivity contribution in [1.82, 2.24) is 4.68 Å². The molecule has 6 nitrogen and oxygen atoms in total. The van der Waals surface area contributed by atoms with Crippen molar-refractivity contribution in [2.24, 2.45) is 0 Å². The highest BCUT2D eigenvalue weighted by atomic mass is 16.5. The molecule has 0 bridgehead atoms. The largest absolute Gasteiger partial charge is 0.462 e. The fourth-order valence-electron chi connectivity index (χ4n) is 1.76. The summed E-state index contributed by atoms with van der Waals surface area (Å²) in [4.78, 5) is 23.8. The summed E-state index contributed by atoms with van der Waals surface area (Å²) in [6.07, 6.45) is 0. The SMILES string of the molecule is CCOC(=O)c1cc(C(C)C)n(N)c1C(=O)OCC. The lowest BCUT2D eigenvalue weighted by Crippen LogP contribution is -2.23. The first-order chi connectivity index (χ1) is 8.93. The predicted octanol–water partition coefficient (Wildman–Crippen LogP) is 1.68. The number of esters is 2. The smallest absolute Gasteiger partial charge is 0.357 e. The quantitative estimate of drug-likeness (QED) is 0.648. The average Bonchev–Trinajstić information content (AvgIpc) is 2.67. The number of carbonyl (C=O) groups excluding carboxylic acids is 2. The summed E-state index contributed by atoms with van der Waals surface area (Å²) in [5, 5.41) is 0. The Morgan fingerprint density at radius 2 is 1.74 bits per heavy atom. The van der Waals surface area contributed by atoms with Gasteiger partial charge in [0.2, 0.25) is 0 Å². The van der Waals surface area contributed by atoms with E-state index in [1.165, 1.54) is 4.68 Å². The second kappa shape index (κ2) is 6.26. The molecule has 0 aliphatic rings. The van der Waals surface area contributed by atoms with Gasteiger partial charge in [-0.05, 0) is 25.8 Å².